The molecule has 0 spiro atoms. The number of likely N-dealkylation sites (N-methyl/N-ethyl adjacent to an activating group) is 1. The average Bonchev–Trinajstić information content (AvgIpc) is 2.53. The first kappa shape index (κ1) is 15.7. The molecule has 0 fully saturated rings. The van der Waals surface area contributed by atoms with Gasteiger partial charge >= 0.3 is 0 Å². The predicted molar refractivity (Wildman–Crippen MR) is 88.4 cm³/mol. The SMILES string of the molecule is CC(C)N(C)CCOC(c1ccccc1)c1ccccc1. The fourth-order valence-electron chi connectivity index (χ4n) is 2.21. The van der Waals surface area contributed by atoms with E-state index in [4.69, 9.17) is 4.74 Å². The van der Waals surface area contributed by atoms with Gasteiger partial charge < -0.3 is 9.64 Å². The van der Waals surface area contributed by atoms with Gasteiger partial charge in [0.25, 0.3) is 0 Å². The highest BCUT2D eigenvalue weighted by molar-refractivity contribution is 5.29. The summed E-state index contributed by atoms with van der Waals surface area (Å²) >= 11 is 0. The highest BCUT2D eigenvalue weighted by Crippen LogP contribution is 2.25. The van der Waals surface area contributed by atoms with E-state index in [1.165, 1.54) is 11.1 Å². The van der Waals surface area contributed by atoms with Gasteiger partial charge in [-0.3, -0.25) is 0 Å². The molecule has 0 radical (unpaired) electrons. The van der Waals surface area contributed by atoms with Gasteiger partial charge in [-0.15, -0.1) is 0 Å². The monoisotopic (exact) mass is 283 g/mol. The smallest absolute Gasteiger partial charge is 0.108 e. The number of hydrogen-bond donors (Lipinski definition) is 0. The molecule has 0 saturated heterocycles. The van der Waals surface area contributed by atoms with Gasteiger partial charge in [-0.1, -0.05) is 60.7 Å². The maximum absolute atomic E-state index is 6.19. The molecule has 2 nitrogen and oxygen atoms in total. The second-order valence-corrected chi connectivity index (χ2v) is 5.65. The molecular formula is C19H25NO. The van der Waals surface area contributed by atoms with Crippen molar-refractivity contribution in [2.45, 2.75) is 26.0 Å². The second kappa shape index (κ2) is 7.96. The van der Waals surface area contributed by atoms with Gasteiger partial charge in [0.2, 0.25) is 0 Å². The molecule has 0 aromatic heterocycles. The Morgan fingerprint density at radius 1 is 0.857 bits per heavy atom. The minimum absolute atomic E-state index is 0.00737. The number of nitrogens with zero attached hydrogens (tertiary/aromatic N) is 1. The van der Waals surface area contributed by atoms with E-state index in [1.54, 1.807) is 0 Å². The summed E-state index contributed by atoms with van der Waals surface area (Å²) in [6.07, 6.45) is 0.00737. The third-order valence-corrected chi connectivity index (χ3v) is 3.81. The number of ether oxygens (including phenoxy) is 1. The van der Waals surface area contributed by atoms with E-state index in [-0.39, 0.29) is 6.10 Å². The van der Waals surface area contributed by atoms with Gasteiger partial charge in [0, 0.05) is 12.6 Å². The van der Waals surface area contributed by atoms with Gasteiger partial charge in [0.15, 0.2) is 0 Å². The Bertz CT molecular complexity index is 470. The first-order valence-corrected chi connectivity index (χ1v) is 7.60. The Balaban J connectivity index is 2.07. The Morgan fingerprint density at radius 2 is 1.33 bits per heavy atom. The lowest BCUT2D eigenvalue weighted by molar-refractivity contribution is 0.0596. The van der Waals surface area contributed by atoms with Crippen LogP contribution in [-0.4, -0.2) is 31.1 Å². The Hall–Kier alpha value is -1.64. The van der Waals surface area contributed by atoms with Crippen LogP contribution in [0.3, 0.4) is 0 Å². The zero-order valence-corrected chi connectivity index (χ0v) is 13.2. The van der Waals surface area contributed by atoms with Crippen LogP contribution in [0.1, 0.15) is 31.1 Å². The highest BCUT2D eigenvalue weighted by atomic mass is 16.5. The van der Waals surface area contributed by atoms with Crippen molar-refractivity contribution in [3.8, 4) is 0 Å². The van der Waals surface area contributed by atoms with E-state index in [2.05, 4.69) is 74.3 Å². The molecule has 0 aliphatic carbocycles. The van der Waals surface area contributed by atoms with Gasteiger partial charge in [0.05, 0.1) is 6.61 Å². The molecule has 2 aromatic rings. The zero-order valence-electron chi connectivity index (χ0n) is 13.2. The average molecular weight is 283 g/mol. The zero-order chi connectivity index (χ0) is 15.1. The summed E-state index contributed by atoms with van der Waals surface area (Å²) in [6, 6.07) is 21.4. The van der Waals surface area contributed by atoms with E-state index < -0.39 is 0 Å². The van der Waals surface area contributed by atoms with E-state index in [9.17, 15) is 0 Å². The molecule has 0 heterocycles. The number of hydrogen-bond acceptors (Lipinski definition) is 2. The van der Waals surface area contributed by atoms with Crippen LogP contribution in [0.25, 0.3) is 0 Å². The van der Waals surface area contributed by atoms with E-state index in [0.717, 1.165) is 13.2 Å². The lowest BCUT2D eigenvalue weighted by Crippen LogP contribution is -2.30. The van der Waals surface area contributed by atoms with Crippen molar-refractivity contribution < 1.29 is 4.74 Å². The Labute approximate surface area is 128 Å². The van der Waals surface area contributed by atoms with Crippen molar-refractivity contribution >= 4 is 0 Å². The predicted octanol–water partition coefficient (Wildman–Crippen LogP) is 4.13. The fourth-order valence-corrected chi connectivity index (χ4v) is 2.21. The lowest BCUT2D eigenvalue weighted by atomic mass is 10.0. The maximum atomic E-state index is 6.19. The van der Waals surface area contributed by atoms with Crippen molar-refractivity contribution in [3.05, 3.63) is 71.8 Å². The normalized spacial score (nSPS) is 11.5. The molecule has 2 heteroatoms. The van der Waals surface area contributed by atoms with Crippen molar-refractivity contribution in [3.63, 3.8) is 0 Å². The molecule has 0 atom stereocenters. The van der Waals surface area contributed by atoms with Crippen LogP contribution in [0, 0.1) is 0 Å². The molecule has 0 amide bonds. The number of rotatable bonds is 7. The Kier molecular flexibility index (Phi) is 5.97. The second-order valence-electron chi connectivity index (χ2n) is 5.65. The van der Waals surface area contributed by atoms with Crippen LogP contribution < -0.4 is 0 Å². The summed E-state index contributed by atoms with van der Waals surface area (Å²) in [6.45, 7) is 6.06. The third-order valence-electron chi connectivity index (χ3n) is 3.81. The summed E-state index contributed by atoms with van der Waals surface area (Å²) in [5.74, 6) is 0. The first-order chi connectivity index (χ1) is 10.2. The third kappa shape index (κ3) is 4.69. The molecule has 112 valence electrons. The molecule has 2 rings (SSSR count). The van der Waals surface area contributed by atoms with Crippen LogP contribution in [0.5, 0.6) is 0 Å². The van der Waals surface area contributed by atoms with Crippen LogP contribution in [0.15, 0.2) is 60.7 Å². The van der Waals surface area contributed by atoms with Gasteiger partial charge in [-0.25, -0.2) is 0 Å². The van der Waals surface area contributed by atoms with E-state index in [0.29, 0.717) is 6.04 Å². The van der Waals surface area contributed by atoms with Crippen LogP contribution in [0.4, 0.5) is 0 Å². The highest BCUT2D eigenvalue weighted by Gasteiger charge is 2.14. The quantitative estimate of drug-likeness (QED) is 0.757. The molecule has 0 N–H and O–H groups in total. The van der Waals surface area contributed by atoms with E-state index in [1.807, 2.05) is 12.1 Å². The minimum atomic E-state index is 0.00737. The van der Waals surface area contributed by atoms with Gasteiger partial charge in [-0.05, 0) is 32.0 Å². The molecule has 0 unspecified atom stereocenters. The molecule has 21 heavy (non-hydrogen) atoms. The van der Waals surface area contributed by atoms with Crippen molar-refractivity contribution in [1.82, 2.24) is 4.90 Å². The summed E-state index contributed by atoms with van der Waals surface area (Å²) in [5.41, 5.74) is 2.41. The van der Waals surface area contributed by atoms with Crippen LogP contribution >= 0.6 is 0 Å². The topological polar surface area (TPSA) is 12.5 Å². The molecule has 0 aliphatic rings. The first-order valence-electron chi connectivity index (χ1n) is 7.60. The summed E-state index contributed by atoms with van der Waals surface area (Å²) in [4.78, 5) is 2.30. The fraction of sp³-hybridized carbons (Fsp3) is 0.368. The molecule has 2 aromatic carbocycles. The molecule has 0 saturated carbocycles. The lowest BCUT2D eigenvalue weighted by Gasteiger charge is -2.24. The van der Waals surface area contributed by atoms with Crippen LogP contribution in [0.2, 0.25) is 0 Å². The van der Waals surface area contributed by atoms with E-state index >= 15 is 0 Å². The summed E-state index contributed by atoms with van der Waals surface area (Å²) < 4.78 is 6.19. The van der Waals surface area contributed by atoms with Gasteiger partial charge in [0.1, 0.15) is 6.10 Å². The van der Waals surface area contributed by atoms with Crippen LogP contribution in [-0.2, 0) is 4.74 Å². The van der Waals surface area contributed by atoms with Gasteiger partial charge in [-0.2, -0.15) is 0 Å². The number of benzene rings is 2. The summed E-state index contributed by atoms with van der Waals surface area (Å²) in [5, 5.41) is 0. The maximum Gasteiger partial charge on any atom is 0.108 e. The largest absolute Gasteiger partial charge is 0.367 e. The van der Waals surface area contributed by atoms with Crippen molar-refractivity contribution in [1.29, 1.82) is 0 Å². The molecule has 0 aliphatic heterocycles. The standard InChI is InChI=1S/C19H25NO/c1-16(2)20(3)14-15-21-19(17-10-6-4-7-11-17)18-12-8-5-9-13-18/h4-13,16,19H,14-15H2,1-3H3. The summed E-state index contributed by atoms with van der Waals surface area (Å²) in [7, 11) is 2.13. The van der Waals surface area contributed by atoms with Crippen molar-refractivity contribution in [2.75, 3.05) is 20.2 Å². The molecular weight excluding hydrogens is 258 g/mol. The molecule has 0 bridgehead atoms. The minimum Gasteiger partial charge on any atom is -0.367 e. The van der Waals surface area contributed by atoms with Crippen molar-refractivity contribution in [2.24, 2.45) is 0 Å². The Morgan fingerprint density at radius 3 is 1.76 bits per heavy atom.